The van der Waals surface area contributed by atoms with Gasteiger partial charge in [0.15, 0.2) is 0 Å². The highest BCUT2D eigenvalue weighted by Gasteiger charge is 2.24. The van der Waals surface area contributed by atoms with E-state index in [-0.39, 0.29) is 18.4 Å². The molecule has 0 aliphatic carbocycles. The van der Waals surface area contributed by atoms with Crippen molar-refractivity contribution in [1.82, 2.24) is 19.7 Å². The quantitative estimate of drug-likeness (QED) is 0.720. The summed E-state index contributed by atoms with van der Waals surface area (Å²) in [5, 5.41) is 0. The molecule has 2 amide bonds. The summed E-state index contributed by atoms with van der Waals surface area (Å²) in [7, 11) is 4.01. The van der Waals surface area contributed by atoms with Crippen LogP contribution >= 0.6 is 0 Å². The molecule has 0 bridgehead atoms. The van der Waals surface area contributed by atoms with Gasteiger partial charge in [-0.15, -0.1) is 0 Å². The predicted molar refractivity (Wildman–Crippen MR) is 98.5 cm³/mol. The third-order valence-electron chi connectivity index (χ3n) is 4.41. The second-order valence-corrected chi connectivity index (χ2v) is 6.65. The Morgan fingerprint density at radius 1 is 1.12 bits per heavy atom. The van der Waals surface area contributed by atoms with E-state index in [4.69, 9.17) is 0 Å². The second kappa shape index (κ2) is 9.36. The zero-order chi connectivity index (χ0) is 18.2. The van der Waals surface area contributed by atoms with E-state index in [1.165, 1.54) is 6.92 Å². The van der Waals surface area contributed by atoms with E-state index in [0.717, 1.165) is 31.9 Å². The Balaban J connectivity index is 1.81. The van der Waals surface area contributed by atoms with E-state index in [2.05, 4.69) is 14.8 Å². The standard InChI is InChI=1S/C18H29N5O2/c1-16(24)23(10-6-9-20(2)3)15-18(25)22-13-11-21(12-14-22)17-7-4-5-8-19-17/h4-5,7-8H,6,9-15H2,1-3H3. The minimum Gasteiger partial charge on any atom is -0.353 e. The first-order valence-electron chi connectivity index (χ1n) is 8.81. The molecule has 2 rings (SSSR count). The highest BCUT2D eigenvalue weighted by atomic mass is 16.2. The van der Waals surface area contributed by atoms with Crippen LogP contribution in [-0.2, 0) is 9.59 Å². The zero-order valence-corrected chi connectivity index (χ0v) is 15.5. The van der Waals surface area contributed by atoms with Crippen LogP contribution in [0.4, 0.5) is 5.82 Å². The number of rotatable bonds is 7. The lowest BCUT2D eigenvalue weighted by molar-refractivity contribution is -0.139. The molecule has 0 radical (unpaired) electrons. The van der Waals surface area contributed by atoms with Gasteiger partial charge in [0.1, 0.15) is 5.82 Å². The Bertz CT molecular complexity index is 556. The number of carbonyl (C=O) groups is 2. The summed E-state index contributed by atoms with van der Waals surface area (Å²) < 4.78 is 0. The average Bonchev–Trinajstić information content (AvgIpc) is 2.61. The number of amides is 2. The molecule has 2 heterocycles. The maximum absolute atomic E-state index is 12.5. The SMILES string of the molecule is CC(=O)N(CCCN(C)C)CC(=O)N1CCN(c2ccccn2)CC1. The number of piperazine rings is 1. The van der Waals surface area contributed by atoms with Gasteiger partial charge in [0, 0.05) is 45.8 Å². The van der Waals surface area contributed by atoms with Gasteiger partial charge in [-0.3, -0.25) is 9.59 Å². The summed E-state index contributed by atoms with van der Waals surface area (Å²) >= 11 is 0. The van der Waals surface area contributed by atoms with Gasteiger partial charge in [0.05, 0.1) is 6.54 Å². The molecule has 1 saturated heterocycles. The molecule has 138 valence electrons. The maximum atomic E-state index is 12.5. The van der Waals surface area contributed by atoms with E-state index < -0.39 is 0 Å². The molecule has 0 N–H and O–H groups in total. The lowest BCUT2D eigenvalue weighted by Crippen LogP contribution is -2.52. The van der Waals surface area contributed by atoms with E-state index in [9.17, 15) is 9.59 Å². The van der Waals surface area contributed by atoms with Crippen LogP contribution in [0.5, 0.6) is 0 Å². The molecule has 1 fully saturated rings. The number of nitrogens with zero attached hydrogens (tertiary/aromatic N) is 5. The molecule has 0 atom stereocenters. The van der Waals surface area contributed by atoms with Crippen molar-refractivity contribution < 1.29 is 9.59 Å². The van der Waals surface area contributed by atoms with E-state index in [1.807, 2.05) is 37.2 Å². The topological polar surface area (TPSA) is 60.0 Å². The molecular formula is C18H29N5O2. The number of carbonyl (C=O) groups excluding carboxylic acids is 2. The normalized spacial score (nSPS) is 14.7. The minimum atomic E-state index is -0.0424. The van der Waals surface area contributed by atoms with Gasteiger partial charge >= 0.3 is 0 Å². The van der Waals surface area contributed by atoms with Gasteiger partial charge in [-0.1, -0.05) is 6.07 Å². The fourth-order valence-electron chi connectivity index (χ4n) is 2.91. The molecule has 7 heteroatoms. The molecule has 0 saturated carbocycles. The average molecular weight is 347 g/mol. The summed E-state index contributed by atoms with van der Waals surface area (Å²) in [4.78, 5) is 36.5. The smallest absolute Gasteiger partial charge is 0.242 e. The van der Waals surface area contributed by atoms with E-state index >= 15 is 0 Å². The van der Waals surface area contributed by atoms with Crippen molar-refractivity contribution in [3.8, 4) is 0 Å². The fourth-order valence-corrected chi connectivity index (χ4v) is 2.91. The molecular weight excluding hydrogens is 318 g/mol. The Kier molecular flexibility index (Phi) is 7.18. The van der Waals surface area contributed by atoms with Crippen LogP contribution in [0, 0.1) is 0 Å². The molecule has 7 nitrogen and oxygen atoms in total. The van der Waals surface area contributed by atoms with Gasteiger partial charge in [-0.25, -0.2) is 4.98 Å². The first kappa shape index (κ1) is 19.2. The van der Waals surface area contributed by atoms with Crippen LogP contribution in [0.25, 0.3) is 0 Å². The molecule has 1 aliphatic rings. The van der Waals surface area contributed by atoms with E-state index in [0.29, 0.717) is 19.6 Å². The number of hydrogen-bond acceptors (Lipinski definition) is 5. The van der Waals surface area contributed by atoms with Crippen LogP contribution in [0.2, 0.25) is 0 Å². The third kappa shape index (κ3) is 6.01. The van der Waals surface area contributed by atoms with Crippen molar-refractivity contribution in [2.45, 2.75) is 13.3 Å². The molecule has 0 aromatic carbocycles. The monoisotopic (exact) mass is 347 g/mol. The summed E-state index contributed by atoms with van der Waals surface area (Å²) in [5.41, 5.74) is 0. The van der Waals surface area contributed by atoms with Crippen LogP contribution in [0.1, 0.15) is 13.3 Å². The first-order chi connectivity index (χ1) is 12.0. The number of pyridine rings is 1. The summed E-state index contributed by atoms with van der Waals surface area (Å²) in [6.45, 7) is 6.09. The van der Waals surface area contributed by atoms with Crippen LogP contribution in [0.15, 0.2) is 24.4 Å². The largest absolute Gasteiger partial charge is 0.353 e. The van der Waals surface area contributed by atoms with Crippen molar-refractivity contribution in [3.05, 3.63) is 24.4 Å². The summed E-state index contributed by atoms with van der Waals surface area (Å²) in [5.74, 6) is 0.934. The number of aromatic nitrogens is 1. The van der Waals surface area contributed by atoms with Crippen molar-refractivity contribution >= 4 is 17.6 Å². The predicted octanol–water partition coefficient (Wildman–Crippen LogP) is 0.530. The molecule has 1 aromatic heterocycles. The summed E-state index contributed by atoms with van der Waals surface area (Å²) in [6, 6.07) is 5.86. The van der Waals surface area contributed by atoms with Gasteiger partial charge in [0.25, 0.3) is 0 Å². The van der Waals surface area contributed by atoms with Gasteiger partial charge in [-0.2, -0.15) is 0 Å². The molecule has 0 spiro atoms. The zero-order valence-electron chi connectivity index (χ0n) is 15.5. The lowest BCUT2D eigenvalue weighted by atomic mass is 10.2. The Labute approximate surface area is 150 Å². The number of hydrogen-bond donors (Lipinski definition) is 0. The van der Waals surface area contributed by atoms with Gasteiger partial charge < -0.3 is 19.6 Å². The van der Waals surface area contributed by atoms with Gasteiger partial charge in [-0.05, 0) is 39.2 Å². The van der Waals surface area contributed by atoms with Crippen molar-refractivity contribution in [2.75, 3.05) is 64.8 Å². The molecule has 0 unspecified atom stereocenters. The molecule has 1 aromatic rings. The van der Waals surface area contributed by atoms with Crippen LogP contribution in [0.3, 0.4) is 0 Å². The Morgan fingerprint density at radius 3 is 2.40 bits per heavy atom. The van der Waals surface area contributed by atoms with E-state index in [1.54, 1.807) is 11.1 Å². The minimum absolute atomic E-state index is 0.0284. The highest BCUT2D eigenvalue weighted by molar-refractivity contribution is 5.84. The highest BCUT2D eigenvalue weighted by Crippen LogP contribution is 2.12. The third-order valence-corrected chi connectivity index (χ3v) is 4.41. The Morgan fingerprint density at radius 2 is 1.84 bits per heavy atom. The Hall–Kier alpha value is -2.15. The van der Waals surface area contributed by atoms with Crippen molar-refractivity contribution in [2.24, 2.45) is 0 Å². The molecule has 25 heavy (non-hydrogen) atoms. The second-order valence-electron chi connectivity index (χ2n) is 6.65. The fraction of sp³-hybridized carbons (Fsp3) is 0.611. The summed E-state index contributed by atoms with van der Waals surface area (Å²) in [6.07, 6.45) is 2.65. The lowest BCUT2D eigenvalue weighted by Gasteiger charge is -2.36. The first-order valence-corrected chi connectivity index (χ1v) is 8.81. The van der Waals surface area contributed by atoms with Crippen molar-refractivity contribution in [1.29, 1.82) is 0 Å². The van der Waals surface area contributed by atoms with Gasteiger partial charge in [0.2, 0.25) is 11.8 Å². The van der Waals surface area contributed by atoms with Crippen LogP contribution in [-0.4, -0.2) is 91.4 Å². The molecule has 1 aliphatic heterocycles. The van der Waals surface area contributed by atoms with Crippen molar-refractivity contribution in [3.63, 3.8) is 0 Å². The maximum Gasteiger partial charge on any atom is 0.242 e. The van der Waals surface area contributed by atoms with Crippen LogP contribution < -0.4 is 4.90 Å². The number of anilines is 1.